The molecule has 5 heteroatoms. The van der Waals surface area contributed by atoms with Gasteiger partial charge in [0.15, 0.2) is 0 Å². The lowest BCUT2D eigenvalue weighted by atomic mass is 10.3. The zero-order valence-electron chi connectivity index (χ0n) is 9.45. The van der Waals surface area contributed by atoms with Crippen LogP contribution in [0.2, 0.25) is 0 Å². The minimum absolute atomic E-state index is 0.0885. The van der Waals surface area contributed by atoms with E-state index in [0.29, 0.717) is 13.2 Å². The first-order chi connectivity index (χ1) is 7.15. The molecular formula is C10H18O4S. The molecule has 0 aromatic carbocycles. The predicted molar refractivity (Wildman–Crippen MR) is 59.8 cm³/mol. The third-order valence-electron chi connectivity index (χ3n) is 1.57. The second kappa shape index (κ2) is 8.59. The Balaban J connectivity index is 4.13. The van der Waals surface area contributed by atoms with Crippen LogP contribution in [0.5, 0.6) is 0 Å². The van der Waals surface area contributed by atoms with E-state index in [1.54, 1.807) is 13.8 Å². The fourth-order valence-corrected chi connectivity index (χ4v) is 1.88. The first-order valence-corrected chi connectivity index (χ1v) is 6.14. The van der Waals surface area contributed by atoms with Gasteiger partial charge in [0, 0.05) is 0 Å². The van der Waals surface area contributed by atoms with Crippen LogP contribution >= 0.6 is 11.8 Å². The molecule has 0 saturated heterocycles. The Morgan fingerprint density at radius 3 is 2.20 bits per heavy atom. The van der Waals surface area contributed by atoms with Crippen LogP contribution in [0.25, 0.3) is 0 Å². The van der Waals surface area contributed by atoms with Gasteiger partial charge in [-0.2, -0.15) is 0 Å². The lowest BCUT2D eigenvalue weighted by Gasteiger charge is -2.13. The van der Waals surface area contributed by atoms with Crippen LogP contribution in [0.15, 0.2) is 0 Å². The molecular weight excluding hydrogens is 216 g/mol. The van der Waals surface area contributed by atoms with Gasteiger partial charge < -0.3 is 9.47 Å². The van der Waals surface area contributed by atoms with E-state index < -0.39 is 5.25 Å². The van der Waals surface area contributed by atoms with Gasteiger partial charge in [-0.1, -0.05) is 6.92 Å². The maximum absolute atomic E-state index is 11.4. The Hall–Kier alpha value is -0.710. The fraction of sp³-hybridized carbons (Fsp3) is 0.800. The number of carbonyl (C=O) groups is 2. The largest absolute Gasteiger partial charge is 0.466 e. The van der Waals surface area contributed by atoms with Crippen LogP contribution in [0.4, 0.5) is 0 Å². The molecule has 0 unspecified atom stereocenters. The molecule has 0 aromatic heterocycles. The fourth-order valence-electron chi connectivity index (χ4n) is 1.02. The standard InChI is InChI=1S/C10H18O4S/c1-4-13-9(11)7-8(15-6-3)10(12)14-5-2/h8H,4-7H2,1-3H3/t8-/m1/s1. The van der Waals surface area contributed by atoms with Gasteiger partial charge in [0.25, 0.3) is 0 Å². The molecule has 0 saturated carbocycles. The van der Waals surface area contributed by atoms with Crippen molar-refractivity contribution >= 4 is 23.7 Å². The molecule has 4 nitrogen and oxygen atoms in total. The highest BCUT2D eigenvalue weighted by Gasteiger charge is 2.23. The van der Waals surface area contributed by atoms with E-state index in [1.807, 2.05) is 6.92 Å². The predicted octanol–water partition coefficient (Wildman–Crippen LogP) is 1.62. The zero-order valence-corrected chi connectivity index (χ0v) is 10.3. The molecule has 0 bridgehead atoms. The first-order valence-electron chi connectivity index (χ1n) is 5.09. The average Bonchev–Trinajstić information content (AvgIpc) is 2.18. The van der Waals surface area contributed by atoms with Crippen molar-refractivity contribution in [2.75, 3.05) is 19.0 Å². The molecule has 0 N–H and O–H groups in total. The third kappa shape index (κ3) is 6.38. The van der Waals surface area contributed by atoms with Gasteiger partial charge in [0.1, 0.15) is 5.25 Å². The van der Waals surface area contributed by atoms with Crippen molar-refractivity contribution < 1.29 is 19.1 Å². The van der Waals surface area contributed by atoms with Gasteiger partial charge in [-0.3, -0.25) is 9.59 Å². The van der Waals surface area contributed by atoms with Crippen molar-refractivity contribution in [1.29, 1.82) is 0 Å². The van der Waals surface area contributed by atoms with Crippen LogP contribution in [0.1, 0.15) is 27.2 Å². The number of hydrogen-bond donors (Lipinski definition) is 0. The Bertz CT molecular complexity index is 206. The van der Waals surface area contributed by atoms with Crippen LogP contribution in [0, 0.1) is 0 Å². The van der Waals surface area contributed by atoms with Gasteiger partial charge in [-0.25, -0.2) is 0 Å². The molecule has 0 aliphatic heterocycles. The summed E-state index contributed by atoms with van der Waals surface area (Å²) < 4.78 is 9.65. The second-order valence-corrected chi connectivity index (χ2v) is 4.18. The Labute approximate surface area is 94.7 Å². The van der Waals surface area contributed by atoms with Crippen molar-refractivity contribution in [3.63, 3.8) is 0 Å². The number of ether oxygens (including phenoxy) is 2. The van der Waals surface area contributed by atoms with Crippen LogP contribution < -0.4 is 0 Å². The quantitative estimate of drug-likeness (QED) is 0.627. The Kier molecular flexibility index (Phi) is 8.18. The molecule has 88 valence electrons. The molecule has 15 heavy (non-hydrogen) atoms. The summed E-state index contributed by atoms with van der Waals surface area (Å²) >= 11 is 1.40. The monoisotopic (exact) mass is 234 g/mol. The van der Waals surface area contributed by atoms with Crippen molar-refractivity contribution in [3.05, 3.63) is 0 Å². The molecule has 0 radical (unpaired) electrons. The van der Waals surface area contributed by atoms with Crippen molar-refractivity contribution in [3.8, 4) is 0 Å². The van der Waals surface area contributed by atoms with Gasteiger partial charge >= 0.3 is 11.9 Å². The average molecular weight is 234 g/mol. The minimum atomic E-state index is -0.436. The van der Waals surface area contributed by atoms with Gasteiger partial charge in [0.05, 0.1) is 19.6 Å². The highest BCUT2D eigenvalue weighted by Crippen LogP contribution is 2.16. The summed E-state index contributed by atoms with van der Waals surface area (Å²) in [5.74, 6) is 0.0806. The lowest BCUT2D eigenvalue weighted by molar-refractivity contribution is -0.149. The van der Waals surface area contributed by atoms with E-state index in [4.69, 9.17) is 9.47 Å². The summed E-state index contributed by atoms with van der Waals surface area (Å²) in [4.78, 5) is 22.6. The molecule has 1 atom stereocenters. The number of carbonyl (C=O) groups excluding carboxylic acids is 2. The van der Waals surface area contributed by atoms with E-state index in [2.05, 4.69) is 0 Å². The maximum Gasteiger partial charge on any atom is 0.319 e. The summed E-state index contributed by atoms with van der Waals surface area (Å²) in [6.45, 7) is 6.09. The van der Waals surface area contributed by atoms with Crippen LogP contribution in [-0.2, 0) is 19.1 Å². The van der Waals surface area contributed by atoms with Crippen molar-refractivity contribution in [1.82, 2.24) is 0 Å². The van der Waals surface area contributed by atoms with E-state index >= 15 is 0 Å². The first kappa shape index (κ1) is 14.3. The van der Waals surface area contributed by atoms with E-state index in [0.717, 1.165) is 5.75 Å². The molecule has 0 aromatic rings. The van der Waals surface area contributed by atoms with Gasteiger partial charge in [-0.05, 0) is 19.6 Å². The Morgan fingerprint density at radius 1 is 1.13 bits per heavy atom. The normalized spacial score (nSPS) is 11.9. The van der Waals surface area contributed by atoms with E-state index in [9.17, 15) is 9.59 Å². The second-order valence-electron chi connectivity index (χ2n) is 2.71. The van der Waals surface area contributed by atoms with Crippen LogP contribution in [-0.4, -0.2) is 36.2 Å². The number of hydrogen-bond acceptors (Lipinski definition) is 5. The SMILES string of the molecule is CCOC(=O)C[C@@H](SCC)C(=O)OCC. The topological polar surface area (TPSA) is 52.6 Å². The van der Waals surface area contributed by atoms with Crippen molar-refractivity contribution in [2.45, 2.75) is 32.4 Å². The summed E-state index contributed by atoms with van der Waals surface area (Å²) in [5, 5.41) is -0.436. The molecule has 0 amide bonds. The van der Waals surface area contributed by atoms with Gasteiger partial charge in [0.2, 0.25) is 0 Å². The molecule has 0 rings (SSSR count). The molecule has 0 spiro atoms. The summed E-state index contributed by atoms with van der Waals surface area (Å²) in [7, 11) is 0. The van der Waals surface area contributed by atoms with Crippen molar-refractivity contribution in [2.24, 2.45) is 0 Å². The molecule has 0 aliphatic rings. The Morgan fingerprint density at radius 2 is 1.73 bits per heavy atom. The highest BCUT2D eigenvalue weighted by atomic mass is 32.2. The summed E-state index contributed by atoms with van der Waals surface area (Å²) in [6, 6.07) is 0. The number of thioether (sulfide) groups is 1. The zero-order chi connectivity index (χ0) is 11.7. The maximum atomic E-state index is 11.4. The lowest BCUT2D eigenvalue weighted by Crippen LogP contribution is -2.24. The summed E-state index contributed by atoms with van der Waals surface area (Å²) in [6.07, 6.45) is 0.0885. The number of rotatable bonds is 7. The molecule has 0 fully saturated rings. The summed E-state index contributed by atoms with van der Waals surface area (Å²) in [5.41, 5.74) is 0. The van der Waals surface area contributed by atoms with Gasteiger partial charge in [-0.15, -0.1) is 11.8 Å². The van der Waals surface area contributed by atoms with E-state index in [1.165, 1.54) is 11.8 Å². The highest BCUT2D eigenvalue weighted by molar-refractivity contribution is 8.00. The van der Waals surface area contributed by atoms with Crippen LogP contribution in [0.3, 0.4) is 0 Å². The third-order valence-corrected chi connectivity index (χ3v) is 2.67. The number of esters is 2. The smallest absolute Gasteiger partial charge is 0.319 e. The molecule has 0 aliphatic carbocycles. The van der Waals surface area contributed by atoms with E-state index in [-0.39, 0.29) is 18.4 Å². The minimum Gasteiger partial charge on any atom is -0.466 e. The molecule has 0 heterocycles.